The monoisotopic (exact) mass is 494 g/mol. The van der Waals surface area contributed by atoms with Crippen molar-refractivity contribution in [2.45, 2.75) is 48.4 Å². The van der Waals surface area contributed by atoms with E-state index in [0.29, 0.717) is 19.4 Å². The van der Waals surface area contributed by atoms with E-state index in [1.54, 1.807) is 36.0 Å². The number of fused-ring (bicyclic) bond motifs is 1. The highest BCUT2D eigenvalue weighted by Crippen LogP contribution is 2.31. The van der Waals surface area contributed by atoms with Gasteiger partial charge in [0.05, 0.1) is 16.6 Å². The minimum Gasteiger partial charge on any atom is -0.350 e. The molecule has 0 saturated heterocycles. The van der Waals surface area contributed by atoms with Gasteiger partial charge in [0.25, 0.3) is 10.0 Å². The molecule has 0 fully saturated rings. The van der Waals surface area contributed by atoms with Gasteiger partial charge in [-0.2, -0.15) is 0 Å². The van der Waals surface area contributed by atoms with Crippen LogP contribution in [0.1, 0.15) is 42.5 Å². The number of nitrogens with zero attached hydrogens (tertiary/aromatic N) is 1. The number of rotatable bonds is 8. The van der Waals surface area contributed by atoms with E-state index in [4.69, 9.17) is 0 Å². The van der Waals surface area contributed by atoms with Crippen LogP contribution in [0.25, 0.3) is 0 Å². The Hall–Kier alpha value is -2.77. The number of anilines is 1. The molecule has 0 radical (unpaired) electrons. The normalized spacial score (nSPS) is 14.4. The summed E-state index contributed by atoms with van der Waals surface area (Å²) >= 11 is 1.69. The molecule has 1 aliphatic heterocycles. The van der Waals surface area contributed by atoms with Gasteiger partial charge in [-0.15, -0.1) is 11.8 Å². The predicted octanol–water partition coefficient (Wildman–Crippen LogP) is 5.36. The van der Waals surface area contributed by atoms with Gasteiger partial charge in [-0.05, 0) is 79.5 Å². The van der Waals surface area contributed by atoms with Crippen molar-refractivity contribution in [3.63, 3.8) is 0 Å². The van der Waals surface area contributed by atoms with E-state index in [1.807, 2.05) is 49.6 Å². The molecule has 1 heterocycles. The molecule has 0 aliphatic carbocycles. The molecule has 0 saturated carbocycles. The average Bonchev–Trinajstić information content (AvgIpc) is 2.87. The number of carbonyl (C=O) groups is 1. The fraction of sp³-hybridized carbons (Fsp3) is 0.296. The van der Waals surface area contributed by atoms with Crippen LogP contribution in [0.15, 0.2) is 82.6 Å². The lowest BCUT2D eigenvalue weighted by molar-refractivity contribution is -0.121. The van der Waals surface area contributed by atoms with Crippen molar-refractivity contribution in [3.8, 4) is 0 Å². The zero-order valence-electron chi connectivity index (χ0n) is 19.5. The molecule has 0 bridgehead atoms. The molecule has 0 aromatic heterocycles. The molecule has 0 spiro atoms. The minimum atomic E-state index is -3.62. The van der Waals surface area contributed by atoms with Gasteiger partial charge in [0.1, 0.15) is 0 Å². The first-order valence-electron chi connectivity index (χ1n) is 11.5. The van der Waals surface area contributed by atoms with E-state index in [0.717, 1.165) is 35.2 Å². The second-order valence-electron chi connectivity index (χ2n) is 8.52. The van der Waals surface area contributed by atoms with Crippen molar-refractivity contribution in [2.75, 3.05) is 17.1 Å². The zero-order chi connectivity index (χ0) is 24.1. The highest BCUT2D eigenvalue weighted by atomic mass is 32.2. The highest BCUT2D eigenvalue weighted by Gasteiger charge is 2.28. The smallest absolute Gasteiger partial charge is 0.264 e. The number of amides is 1. The first-order chi connectivity index (χ1) is 16.4. The van der Waals surface area contributed by atoms with E-state index in [9.17, 15) is 13.2 Å². The van der Waals surface area contributed by atoms with E-state index in [1.165, 1.54) is 9.20 Å². The molecule has 1 N–H and O–H groups in total. The van der Waals surface area contributed by atoms with Crippen LogP contribution in [0.2, 0.25) is 0 Å². The lowest BCUT2D eigenvalue weighted by Gasteiger charge is -2.30. The van der Waals surface area contributed by atoms with Crippen LogP contribution < -0.4 is 9.62 Å². The Bertz CT molecular complexity index is 1240. The number of para-hydroxylation sites is 1. The van der Waals surface area contributed by atoms with Gasteiger partial charge in [0.15, 0.2) is 0 Å². The largest absolute Gasteiger partial charge is 0.350 e. The summed E-state index contributed by atoms with van der Waals surface area (Å²) in [5.74, 6) is -0.0249. The lowest BCUT2D eigenvalue weighted by atomic mass is 10.0. The van der Waals surface area contributed by atoms with Gasteiger partial charge in [-0.3, -0.25) is 9.10 Å². The molecule has 7 heteroatoms. The molecular weight excluding hydrogens is 464 g/mol. The fourth-order valence-electron chi connectivity index (χ4n) is 4.25. The number of carbonyl (C=O) groups excluding carboxylic acids is 1. The Morgan fingerprint density at radius 2 is 1.74 bits per heavy atom. The van der Waals surface area contributed by atoms with Crippen LogP contribution in [0.5, 0.6) is 0 Å². The zero-order valence-corrected chi connectivity index (χ0v) is 21.2. The summed E-state index contributed by atoms with van der Waals surface area (Å²) in [5.41, 5.74) is 3.84. The van der Waals surface area contributed by atoms with Crippen molar-refractivity contribution in [1.82, 2.24) is 5.32 Å². The third-order valence-electron chi connectivity index (χ3n) is 6.21. The molecule has 5 nitrogen and oxygen atoms in total. The van der Waals surface area contributed by atoms with Gasteiger partial charge in [0, 0.05) is 17.9 Å². The summed E-state index contributed by atoms with van der Waals surface area (Å²) in [6.45, 7) is 2.46. The predicted molar refractivity (Wildman–Crippen MR) is 139 cm³/mol. The van der Waals surface area contributed by atoms with Crippen LogP contribution in [-0.4, -0.2) is 27.1 Å². The molecule has 0 unspecified atom stereocenters. The van der Waals surface area contributed by atoms with E-state index >= 15 is 0 Å². The number of nitrogens with one attached hydrogen (secondary N) is 1. The molecule has 4 rings (SSSR count). The Morgan fingerprint density at radius 1 is 1.03 bits per heavy atom. The number of aryl methyl sites for hydroxylation is 2. The Labute approximate surface area is 206 Å². The maximum absolute atomic E-state index is 13.3. The van der Waals surface area contributed by atoms with Crippen molar-refractivity contribution in [2.24, 2.45) is 0 Å². The Morgan fingerprint density at radius 3 is 2.44 bits per heavy atom. The number of hydrogen-bond donors (Lipinski definition) is 1. The van der Waals surface area contributed by atoms with E-state index < -0.39 is 10.0 Å². The summed E-state index contributed by atoms with van der Waals surface area (Å²) in [4.78, 5) is 13.9. The van der Waals surface area contributed by atoms with Crippen LogP contribution >= 0.6 is 11.8 Å². The van der Waals surface area contributed by atoms with Crippen molar-refractivity contribution < 1.29 is 13.2 Å². The van der Waals surface area contributed by atoms with Crippen LogP contribution in [-0.2, 0) is 27.7 Å². The second-order valence-corrected chi connectivity index (χ2v) is 11.3. The molecule has 3 aromatic rings. The number of hydrogen-bond acceptors (Lipinski definition) is 4. The van der Waals surface area contributed by atoms with Crippen LogP contribution in [0.4, 0.5) is 5.69 Å². The third-order valence-corrected chi connectivity index (χ3v) is 8.78. The lowest BCUT2D eigenvalue weighted by Crippen LogP contribution is -2.35. The molecule has 34 heavy (non-hydrogen) atoms. The summed E-state index contributed by atoms with van der Waals surface area (Å²) in [5, 5.41) is 3.04. The van der Waals surface area contributed by atoms with Gasteiger partial charge >= 0.3 is 0 Å². The van der Waals surface area contributed by atoms with Gasteiger partial charge in [-0.1, -0.05) is 42.5 Å². The van der Waals surface area contributed by atoms with Gasteiger partial charge in [0.2, 0.25) is 5.91 Å². The average molecular weight is 495 g/mol. The first kappa shape index (κ1) is 24.4. The molecule has 3 aromatic carbocycles. The van der Waals surface area contributed by atoms with Crippen molar-refractivity contribution in [1.29, 1.82) is 0 Å². The van der Waals surface area contributed by atoms with Crippen LogP contribution in [0.3, 0.4) is 0 Å². The summed E-state index contributed by atoms with van der Waals surface area (Å²) < 4.78 is 28.1. The van der Waals surface area contributed by atoms with E-state index in [-0.39, 0.29) is 16.8 Å². The maximum atomic E-state index is 13.3. The molecule has 1 aliphatic rings. The van der Waals surface area contributed by atoms with Crippen molar-refractivity contribution in [3.05, 3.63) is 89.5 Å². The minimum absolute atomic E-state index is 0.0249. The Kier molecular flexibility index (Phi) is 7.63. The molecule has 1 atom stereocenters. The number of sulfonamides is 1. The van der Waals surface area contributed by atoms with Crippen molar-refractivity contribution >= 4 is 33.4 Å². The number of benzene rings is 3. The molecule has 178 valence electrons. The maximum Gasteiger partial charge on any atom is 0.264 e. The van der Waals surface area contributed by atoms with Gasteiger partial charge < -0.3 is 5.32 Å². The van der Waals surface area contributed by atoms with Gasteiger partial charge in [-0.25, -0.2) is 8.42 Å². The quantitative estimate of drug-likeness (QED) is 0.428. The first-order valence-corrected chi connectivity index (χ1v) is 14.2. The Balaban J connectivity index is 1.36. The fourth-order valence-corrected chi connectivity index (χ4v) is 6.20. The molecular formula is C27H30N2O3S2. The second kappa shape index (κ2) is 10.7. The summed E-state index contributed by atoms with van der Waals surface area (Å²) in [6, 6.07) is 22.7. The van der Waals surface area contributed by atoms with E-state index in [2.05, 4.69) is 17.4 Å². The topological polar surface area (TPSA) is 66.5 Å². The SMILES string of the molecule is CSc1ccc([C@@H](C)NC(=O)CCc2ccc(S(=O)(=O)N3CCCc4ccccc43)cc2)cc1. The summed E-state index contributed by atoms with van der Waals surface area (Å²) in [7, 11) is -3.62. The standard InChI is InChI=1S/C27H30N2O3S2/c1-20(22-12-14-24(33-2)15-13-22)28-27(30)18-11-21-9-16-25(17-10-21)34(31,32)29-19-5-7-23-6-3-4-8-26(23)29/h3-4,6,8-10,12-17,20H,5,7,11,18-19H2,1-2H3,(H,28,30)/t20-/m1/s1. The highest BCUT2D eigenvalue weighted by molar-refractivity contribution is 7.98. The third kappa shape index (κ3) is 5.47. The van der Waals surface area contributed by atoms with Crippen LogP contribution in [0, 0.1) is 0 Å². The summed E-state index contributed by atoms with van der Waals surface area (Å²) in [6.07, 6.45) is 4.64. The molecule has 1 amide bonds. The number of thioether (sulfide) groups is 1.